The summed E-state index contributed by atoms with van der Waals surface area (Å²) in [5.41, 5.74) is 4.19. The van der Waals surface area contributed by atoms with Crippen LogP contribution in [0.25, 0.3) is 10.9 Å². The highest BCUT2D eigenvalue weighted by molar-refractivity contribution is 6.03. The van der Waals surface area contributed by atoms with Crippen LogP contribution in [-0.2, 0) is 0 Å². The van der Waals surface area contributed by atoms with Crippen molar-refractivity contribution in [3.63, 3.8) is 0 Å². The number of benzene rings is 1. The second kappa shape index (κ2) is 7.54. The van der Waals surface area contributed by atoms with Crippen molar-refractivity contribution in [1.29, 1.82) is 0 Å². The summed E-state index contributed by atoms with van der Waals surface area (Å²) in [5, 5.41) is 0.00221. The van der Waals surface area contributed by atoms with Gasteiger partial charge in [0.25, 0.3) is 11.8 Å². The Morgan fingerprint density at radius 3 is 2.53 bits per heavy atom. The number of nitrogens with one attached hydrogen (secondary N) is 1. The van der Waals surface area contributed by atoms with E-state index in [1.54, 1.807) is 0 Å². The van der Waals surface area contributed by atoms with Gasteiger partial charge in [0, 0.05) is 41.3 Å². The summed E-state index contributed by atoms with van der Waals surface area (Å²) < 4.78 is 63.1. The fourth-order valence-electron chi connectivity index (χ4n) is 5.69. The molecule has 2 heterocycles. The molecule has 3 N–H and O–H groups in total. The summed E-state index contributed by atoms with van der Waals surface area (Å²) >= 11 is 0. The van der Waals surface area contributed by atoms with E-state index in [0.29, 0.717) is 5.69 Å². The Balaban J connectivity index is 1.69. The molecular formula is C24H21F4N3O3. The van der Waals surface area contributed by atoms with Gasteiger partial charge in [0.1, 0.15) is 5.69 Å². The van der Waals surface area contributed by atoms with E-state index in [4.69, 9.17) is 10.5 Å². The first-order valence-corrected chi connectivity index (χ1v) is 10.8. The number of alkyl halides is 2. The van der Waals surface area contributed by atoms with Gasteiger partial charge in [-0.3, -0.25) is 14.6 Å². The average molecular weight is 475 g/mol. The molecule has 2 aliphatic rings. The number of hydrogen-bond acceptors (Lipinski definition) is 4. The standard InChI is InChI=1S/C24H21F4N3O3/c1-34-21-11(2-3-14(25)19(21)26)12-9-23(5-6-24(23,27)28)10-13(12)16-8-17(32)18-15(31-16)4-7-30-20(18)22(29)33/h2-4,7-8,12-13H,5-6,9-10H2,1H3,(H2,29,33)(H,31,32)/t12?,13-,23?/m0/s1. The number of amides is 1. The van der Waals surface area contributed by atoms with Crippen LogP contribution in [-0.4, -0.2) is 28.9 Å². The van der Waals surface area contributed by atoms with Gasteiger partial charge in [0.15, 0.2) is 17.0 Å². The number of ether oxygens (including phenoxy) is 1. The highest BCUT2D eigenvalue weighted by atomic mass is 19.3. The minimum Gasteiger partial charge on any atom is -0.493 e. The first-order chi connectivity index (χ1) is 16.1. The van der Waals surface area contributed by atoms with Gasteiger partial charge >= 0.3 is 0 Å². The monoisotopic (exact) mass is 475 g/mol. The predicted octanol–water partition coefficient (Wildman–Crippen LogP) is 4.39. The zero-order valence-corrected chi connectivity index (χ0v) is 18.1. The number of carbonyl (C=O) groups excluding carboxylic acids is 1. The molecular weight excluding hydrogens is 454 g/mol. The number of nitrogens with zero attached hydrogens (tertiary/aromatic N) is 1. The Morgan fingerprint density at radius 2 is 1.91 bits per heavy atom. The van der Waals surface area contributed by atoms with Gasteiger partial charge in [-0.15, -0.1) is 0 Å². The molecule has 34 heavy (non-hydrogen) atoms. The van der Waals surface area contributed by atoms with Gasteiger partial charge in [-0.1, -0.05) is 6.07 Å². The van der Waals surface area contributed by atoms with E-state index in [1.165, 1.54) is 31.5 Å². The van der Waals surface area contributed by atoms with E-state index in [2.05, 4.69) is 9.97 Å². The molecule has 2 aliphatic carbocycles. The van der Waals surface area contributed by atoms with Gasteiger partial charge in [0.2, 0.25) is 5.82 Å². The molecule has 0 saturated heterocycles. The summed E-state index contributed by atoms with van der Waals surface area (Å²) in [6.07, 6.45) is 1.42. The minimum absolute atomic E-state index is 0.00221. The van der Waals surface area contributed by atoms with Crippen molar-refractivity contribution in [2.24, 2.45) is 11.1 Å². The van der Waals surface area contributed by atoms with Crippen molar-refractivity contribution in [1.82, 2.24) is 9.97 Å². The van der Waals surface area contributed by atoms with E-state index in [-0.39, 0.29) is 53.6 Å². The SMILES string of the molecule is COc1c(C2CC3(CCC3(F)F)C[C@@H]2c2cc(=O)c3c(C(N)=O)nccc3[nH]2)ccc(F)c1F. The van der Waals surface area contributed by atoms with Crippen molar-refractivity contribution in [3.05, 3.63) is 69.3 Å². The van der Waals surface area contributed by atoms with E-state index in [1.807, 2.05) is 0 Å². The third-order valence-corrected chi connectivity index (χ3v) is 7.48. The van der Waals surface area contributed by atoms with Crippen LogP contribution in [0.1, 0.15) is 59.3 Å². The van der Waals surface area contributed by atoms with Gasteiger partial charge in [-0.25, -0.2) is 13.2 Å². The number of fused-ring (bicyclic) bond motifs is 1. The molecule has 1 spiro atoms. The Labute approximate surface area is 191 Å². The number of pyridine rings is 2. The molecule has 10 heteroatoms. The van der Waals surface area contributed by atoms with Crippen LogP contribution in [0.3, 0.4) is 0 Å². The van der Waals surface area contributed by atoms with E-state index >= 15 is 0 Å². The molecule has 2 unspecified atom stereocenters. The van der Waals surface area contributed by atoms with Crippen LogP contribution in [0.2, 0.25) is 0 Å². The number of aromatic amines is 1. The third kappa shape index (κ3) is 3.11. The summed E-state index contributed by atoms with van der Waals surface area (Å²) in [6, 6.07) is 5.03. The molecule has 0 bridgehead atoms. The lowest BCUT2D eigenvalue weighted by Gasteiger charge is -2.47. The van der Waals surface area contributed by atoms with E-state index in [0.717, 1.165) is 6.07 Å². The molecule has 178 valence electrons. The van der Waals surface area contributed by atoms with Crippen molar-refractivity contribution < 1.29 is 27.1 Å². The third-order valence-electron chi connectivity index (χ3n) is 7.48. The lowest BCUT2D eigenvalue weighted by Crippen LogP contribution is -2.49. The highest BCUT2D eigenvalue weighted by Crippen LogP contribution is 2.69. The Bertz CT molecular complexity index is 1390. The van der Waals surface area contributed by atoms with Crippen molar-refractivity contribution in [3.8, 4) is 5.75 Å². The van der Waals surface area contributed by atoms with Crippen LogP contribution >= 0.6 is 0 Å². The van der Waals surface area contributed by atoms with Gasteiger partial charge in [-0.2, -0.15) is 4.39 Å². The summed E-state index contributed by atoms with van der Waals surface area (Å²) in [5.74, 6) is -7.71. The molecule has 0 aliphatic heterocycles. The van der Waals surface area contributed by atoms with Gasteiger partial charge in [-0.05, 0) is 37.3 Å². The number of methoxy groups -OCH3 is 1. The summed E-state index contributed by atoms with van der Waals surface area (Å²) in [4.78, 5) is 31.6. The zero-order chi connectivity index (χ0) is 24.4. The molecule has 2 aromatic heterocycles. The van der Waals surface area contributed by atoms with Crippen LogP contribution in [0.5, 0.6) is 5.75 Å². The minimum atomic E-state index is -2.91. The maximum Gasteiger partial charge on any atom is 0.268 e. The molecule has 2 saturated carbocycles. The fourth-order valence-corrected chi connectivity index (χ4v) is 5.69. The fraction of sp³-hybridized carbons (Fsp3) is 0.375. The number of rotatable bonds is 4. The Kier molecular flexibility index (Phi) is 4.96. The second-order valence-electron chi connectivity index (χ2n) is 9.13. The Hall–Kier alpha value is -3.43. The van der Waals surface area contributed by atoms with Crippen molar-refractivity contribution in [2.75, 3.05) is 7.11 Å². The second-order valence-corrected chi connectivity index (χ2v) is 9.13. The maximum absolute atomic E-state index is 14.8. The van der Waals surface area contributed by atoms with E-state index < -0.39 is 46.1 Å². The topological polar surface area (TPSA) is 98.1 Å². The highest BCUT2D eigenvalue weighted by Gasteiger charge is 2.66. The maximum atomic E-state index is 14.8. The molecule has 5 rings (SSSR count). The van der Waals surface area contributed by atoms with Crippen LogP contribution in [0, 0.1) is 17.0 Å². The van der Waals surface area contributed by atoms with Crippen molar-refractivity contribution in [2.45, 2.75) is 43.4 Å². The number of primary amides is 1. The van der Waals surface area contributed by atoms with Gasteiger partial charge < -0.3 is 15.5 Å². The Morgan fingerprint density at radius 1 is 1.18 bits per heavy atom. The molecule has 2 fully saturated rings. The van der Waals surface area contributed by atoms with Crippen LogP contribution in [0.4, 0.5) is 17.6 Å². The average Bonchev–Trinajstić information content (AvgIpc) is 3.23. The number of hydrogen-bond donors (Lipinski definition) is 2. The molecule has 0 radical (unpaired) electrons. The largest absolute Gasteiger partial charge is 0.493 e. The normalized spacial score (nSPS) is 25.4. The first-order valence-electron chi connectivity index (χ1n) is 10.8. The van der Waals surface area contributed by atoms with Gasteiger partial charge in [0.05, 0.1) is 18.0 Å². The molecule has 6 nitrogen and oxygen atoms in total. The smallest absolute Gasteiger partial charge is 0.268 e. The predicted molar refractivity (Wildman–Crippen MR) is 115 cm³/mol. The molecule has 3 atom stereocenters. The number of halogens is 4. The lowest BCUT2D eigenvalue weighted by molar-refractivity contribution is -0.199. The molecule has 1 aromatic carbocycles. The van der Waals surface area contributed by atoms with Crippen LogP contribution in [0.15, 0.2) is 35.3 Å². The number of aromatic nitrogens is 2. The first kappa shape index (κ1) is 22.4. The summed E-state index contributed by atoms with van der Waals surface area (Å²) in [6.45, 7) is 0. The molecule has 1 amide bonds. The molecule has 3 aromatic rings. The van der Waals surface area contributed by atoms with Crippen molar-refractivity contribution >= 4 is 16.8 Å². The number of H-pyrrole nitrogens is 1. The number of nitrogens with two attached hydrogens (primary N) is 1. The summed E-state index contributed by atoms with van der Waals surface area (Å²) in [7, 11) is 1.19. The quantitative estimate of drug-likeness (QED) is 0.547. The number of carbonyl (C=O) groups is 1. The zero-order valence-electron chi connectivity index (χ0n) is 18.1. The lowest BCUT2D eigenvalue weighted by atomic mass is 9.63. The van der Waals surface area contributed by atoms with E-state index in [9.17, 15) is 27.2 Å². The van der Waals surface area contributed by atoms with Crippen LogP contribution < -0.4 is 15.9 Å².